The summed E-state index contributed by atoms with van der Waals surface area (Å²) in [7, 11) is 4.49. The smallest absolute Gasteiger partial charge is 0.0105 e. The van der Waals surface area contributed by atoms with E-state index in [9.17, 15) is 0 Å². The second-order valence-electron chi connectivity index (χ2n) is 6.76. The van der Waals surface area contributed by atoms with Crippen LogP contribution in [0.25, 0.3) is 0 Å². The monoisotopic (exact) mass is 252 g/mol. The van der Waals surface area contributed by atoms with Crippen LogP contribution in [-0.2, 0) is 0 Å². The predicted molar refractivity (Wildman–Crippen MR) is 78.8 cm³/mol. The third-order valence-electron chi connectivity index (χ3n) is 5.56. The molecule has 18 heavy (non-hydrogen) atoms. The van der Waals surface area contributed by atoms with E-state index in [1.807, 2.05) is 0 Å². The normalized spacial score (nSPS) is 34.8. The Kier molecular flexibility index (Phi) is 5.08. The molecule has 1 N–H and O–H groups in total. The fourth-order valence-electron chi connectivity index (χ4n) is 3.79. The van der Waals surface area contributed by atoms with Gasteiger partial charge in [-0.15, -0.1) is 0 Å². The van der Waals surface area contributed by atoms with Gasteiger partial charge in [0.2, 0.25) is 0 Å². The van der Waals surface area contributed by atoms with Gasteiger partial charge < -0.3 is 10.2 Å². The van der Waals surface area contributed by atoms with Gasteiger partial charge in [-0.05, 0) is 70.9 Å². The average molecular weight is 252 g/mol. The van der Waals surface area contributed by atoms with Gasteiger partial charge >= 0.3 is 0 Å². The van der Waals surface area contributed by atoms with Crippen molar-refractivity contribution < 1.29 is 0 Å². The van der Waals surface area contributed by atoms with Gasteiger partial charge in [-0.25, -0.2) is 0 Å². The van der Waals surface area contributed by atoms with Crippen molar-refractivity contribution in [3.63, 3.8) is 0 Å². The Morgan fingerprint density at radius 3 is 2.50 bits per heavy atom. The van der Waals surface area contributed by atoms with Gasteiger partial charge in [0, 0.05) is 18.6 Å². The zero-order valence-electron chi connectivity index (χ0n) is 12.8. The second-order valence-corrected chi connectivity index (χ2v) is 6.76. The molecule has 0 aliphatic heterocycles. The molecule has 2 nitrogen and oxygen atoms in total. The molecule has 0 saturated heterocycles. The van der Waals surface area contributed by atoms with Crippen LogP contribution in [0.2, 0.25) is 0 Å². The van der Waals surface area contributed by atoms with E-state index in [4.69, 9.17) is 0 Å². The molecule has 0 aromatic heterocycles. The van der Waals surface area contributed by atoms with Gasteiger partial charge in [0.05, 0.1) is 0 Å². The Morgan fingerprint density at radius 1 is 1.22 bits per heavy atom. The first-order valence-electron chi connectivity index (χ1n) is 8.03. The maximum absolute atomic E-state index is 3.56. The van der Waals surface area contributed by atoms with Crippen molar-refractivity contribution in [3.8, 4) is 0 Å². The third-order valence-corrected chi connectivity index (χ3v) is 5.56. The molecule has 0 aromatic rings. The third kappa shape index (κ3) is 3.48. The molecule has 0 radical (unpaired) electrons. The van der Waals surface area contributed by atoms with E-state index in [-0.39, 0.29) is 0 Å². The molecule has 0 bridgehead atoms. The average Bonchev–Trinajstić information content (AvgIpc) is 3.22. The van der Waals surface area contributed by atoms with Gasteiger partial charge in [-0.3, -0.25) is 0 Å². The summed E-state index contributed by atoms with van der Waals surface area (Å²) in [5, 5.41) is 3.56. The van der Waals surface area contributed by atoms with E-state index in [0.717, 1.165) is 29.8 Å². The summed E-state index contributed by atoms with van der Waals surface area (Å²) in [5.74, 6) is 2.83. The van der Waals surface area contributed by atoms with Crippen molar-refractivity contribution >= 4 is 0 Å². The molecular formula is C16H32N2. The molecule has 2 rings (SSSR count). The standard InChI is InChI=1S/C16H32N2/c1-5-13-6-9-16(17-3)15(10-13)11-18(4)12(2)14-7-8-14/h12-17H,5-11H2,1-4H3. The number of hydrogen-bond acceptors (Lipinski definition) is 2. The minimum absolute atomic E-state index is 0.752. The van der Waals surface area contributed by atoms with Crippen LogP contribution in [0.4, 0.5) is 0 Å². The first kappa shape index (κ1) is 14.3. The van der Waals surface area contributed by atoms with Gasteiger partial charge in [0.15, 0.2) is 0 Å². The summed E-state index contributed by atoms with van der Waals surface area (Å²) in [6, 6.07) is 1.55. The summed E-state index contributed by atoms with van der Waals surface area (Å²) in [6.45, 7) is 6.07. The maximum Gasteiger partial charge on any atom is 0.0105 e. The van der Waals surface area contributed by atoms with E-state index in [1.165, 1.54) is 45.1 Å². The number of nitrogens with one attached hydrogen (secondary N) is 1. The van der Waals surface area contributed by atoms with Crippen LogP contribution in [-0.4, -0.2) is 37.6 Å². The summed E-state index contributed by atoms with van der Waals surface area (Å²) < 4.78 is 0. The van der Waals surface area contributed by atoms with E-state index in [2.05, 4.69) is 38.2 Å². The van der Waals surface area contributed by atoms with Crippen LogP contribution in [0.1, 0.15) is 52.4 Å². The number of nitrogens with zero attached hydrogens (tertiary/aromatic N) is 1. The minimum atomic E-state index is 0.752. The summed E-state index contributed by atoms with van der Waals surface area (Å²) >= 11 is 0. The van der Waals surface area contributed by atoms with E-state index in [1.54, 1.807) is 0 Å². The summed E-state index contributed by atoms with van der Waals surface area (Å²) in [6.07, 6.45) is 8.54. The summed E-state index contributed by atoms with van der Waals surface area (Å²) in [4.78, 5) is 2.63. The lowest BCUT2D eigenvalue weighted by molar-refractivity contribution is 0.129. The molecule has 2 aliphatic carbocycles. The van der Waals surface area contributed by atoms with Crippen molar-refractivity contribution in [3.05, 3.63) is 0 Å². The topological polar surface area (TPSA) is 15.3 Å². The van der Waals surface area contributed by atoms with Crippen LogP contribution >= 0.6 is 0 Å². The highest BCUT2D eigenvalue weighted by atomic mass is 15.1. The molecular weight excluding hydrogens is 220 g/mol. The number of hydrogen-bond donors (Lipinski definition) is 1. The van der Waals surface area contributed by atoms with Gasteiger partial charge in [0.1, 0.15) is 0 Å². The highest BCUT2D eigenvalue weighted by Crippen LogP contribution is 2.36. The molecule has 2 saturated carbocycles. The Hall–Kier alpha value is -0.0800. The van der Waals surface area contributed by atoms with Crippen molar-refractivity contribution in [1.29, 1.82) is 0 Å². The van der Waals surface area contributed by atoms with Gasteiger partial charge in [0.25, 0.3) is 0 Å². The van der Waals surface area contributed by atoms with Crippen LogP contribution in [0.3, 0.4) is 0 Å². The van der Waals surface area contributed by atoms with Crippen LogP contribution in [0, 0.1) is 17.8 Å². The quantitative estimate of drug-likeness (QED) is 0.781. The van der Waals surface area contributed by atoms with Crippen LogP contribution < -0.4 is 5.32 Å². The molecule has 2 fully saturated rings. The first-order valence-corrected chi connectivity index (χ1v) is 8.03. The lowest BCUT2D eigenvalue weighted by atomic mass is 9.76. The van der Waals surface area contributed by atoms with Crippen molar-refractivity contribution in [1.82, 2.24) is 10.2 Å². The SMILES string of the molecule is CCC1CCC(NC)C(CN(C)C(C)C2CC2)C1. The van der Waals surface area contributed by atoms with Crippen LogP contribution in [0.15, 0.2) is 0 Å². The Balaban J connectivity index is 1.86. The Morgan fingerprint density at radius 2 is 1.94 bits per heavy atom. The fourth-order valence-corrected chi connectivity index (χ4v) is 3.79. The molecule has 0 spiro atoms. The van der Waals surface area contributed by atoms with E-state index < -0.39 is 0 Å². The van der Waals surface area contributed by atoms with Crippen molar-refractivity contribution in [2.45, 2.75) is 64.5 Å². The maximum atomic E-state index is 3.56. The van der Waals surface area contributed by atoms with E-state index >= 15 is 0 Å². The Bertz CT molecular complexity index is 249. The molecule has 106 valence electrons. The van der Waals surface area contributed by atoms with E-state index in [0.29, 0.717) is 0 Å². The molecule has 2 heteroatoms. The van der Waals surface area contributed by atoms with Crippen molar-refractivity contribution in [2.75, 3.05) is 20.6 Å². The zero-order valence-corrected chi connectivity index (χ0v) is 12.8. The highest BCUT2D eigenvalue weighted by Gasteiger charge is 2.34. The molecule has 2 aliphatic rings. The van der Waals surface area contributed by atoms with Gasteiger partial charge in [-0.1, -0.05) is 13.3 Å². The lowest BCUT2D eigenvalue weighted by Gasteiger charge is -2.39. The lowest BCUT2D eigenvalue weighted by Crippen LogP contribution is -2.45. The molecule has 0 heterocycles. The molecule has 4 atom stereocenters. The van der Waals surface area contributed by atoms with Crippen molar-refractivity contribution in [2.24, 2.45) is 17.8 Å². The minimum Gasteiger partial charge on any atom is -0.317 e. The number of rotatable bonds is 6. The van der Waals surface area contributed by atoms with Gasteiger partial charge in [-0.2, -0.15) is 0 Å². The predicted octanol–water partition coefficient (Wildman–Crippen LogP) is 3.13. The summed E-state index contributed by atoms with van der Waals surface area (Å²) in [5.41, 5.74) is 0. The largest absolute Gasteiger partial charge is 0.317 e. The zero-order chi connectivity index (χ0) is 13.1. The molecule has 0 aromatic carbocycles. The Labute approximate surface area is 114 Å². The second kappa shape index (κ2) is 6.38. The first-order chi connectivity index (χ1) is 8.65. The fraction of sp³-hybridized carbons (Fsp3) is 1.00. The molecule has 4 unspecified atom stereocenters. The van der Waals surface area contributed by atoms with Crippen LogP contribution in [0.5, 0.6) is 0 Å². The molecule has 0 amide bonds. The highest BCUT2D eigenvalue weighted by molar-refractivity contribution is 4.89.